The number of ether oxygens (including phenoxy) is 1. The van der Waals surface area contributed by atoms with Gasteiger partial charge in [0.05, 0.1) is 18.4 Å². The van der Waals surface area contributed by atoms with Crippen molar-refractivity contribution in [1.82, 2.24) is 5.32 Å². The van der Waals surface area contributed by atoms with Crippen LogP contribution < -0.4 is 20.6 Å². The molecular weight excluding hydrogens is 328 g/mol. The topological polar surface area (TPSA) is 67.8 Å². The molecule has 0 aliphatic carbocycles. The molecule has 1 aliphatic rings. The molecule has 3 rings (SSSR count). The van der Waals surface area contributed by atoms with Crippen LogP contribution in [0, 0.1) is 19.8 Å². The van der Waals surface area contributed by atoms with Gasteiger partial charge in [-0.1, -0.05) is 24.3 Å². The second kappa shape index (κ2) is 7.52. The van der Waals surface area contributed by atoms with Crippen LogP contribution in [0.2, 0.25) is 0 Å². The Balaban J connectivity index is 1.66. The predicted octanol–water partition coefficient (Wildman–Crippen LogP) is 1.69. The molecule has 2 aromatic rings. The zero-order valence-electron chi connectivity index (χ0n) is 15.2. The van der Waals surface area contributed by atoms with Crippen LogP contribution in [0.1, 0.15) is 27.9 Å². The number of aryl methyl sites for hydroxylation is 1. The summed E-state index contributed by atoms with van der Waals surface area (Å²) in [4.78, 5) is 28.8. The lowest BCUT2D eigenvalue weighted by molar-refractivity contribution is -0.120. The SMILES string of the molecule is COc1cccc(C(=O)NCCC2C=c3ccc(C)c(C)c3=NC2=O)c1. The molecule has 1 aliphatic heterocycles. The van der Waals surface area contributed by atoms with Crippen LogP contribution >= 0.6 is 0 Å². The molecule has 5 nitrogen and oxygen atoms in total. The van der Waals surface area contributed by atoms with E-state index in [0.29, 0.717) is 24.3 Å². The summed E-state index contributed by atoms with van der Waals surface area (Å²) >= 11 is 0. The fourth-order valence-electron chi connectivity index (χ4n) is 3.00. The van der Waals surface area contributed by atoms with E-state index in [-0.39, 0.29) is 17.7 Å². The number of benzene rings is 2. The molecule has 0 saturated heterocycles. The predicted molar refractivity (Wildman–Crippen MR) is 99.6 cm³/mol. The quantitative estimate of drug-likeness (QED) is 0.892. The van der Waals surface area contributed by atoms with Gasteiger partial charge in [-0.05, 0) is 54.8 Å². The van der Waals surface area contributed by atoms with E-state index in [1.807, 2.05) is 32.1 Å². The van der Waals surface area contributed by atoms with Gasteiger partial charge in [-0.25, -0.2) is 4.99 Å². The molecule has 0 bridgehead atoms. The number of fused-ring (bicyclic) bond motifs is 1. The van der Waals surface area contributed by atoms with E-state index in [2.05, 4.69) is 10.3 Å². The van der Waals surface area contributed by atoms with Gasteiger partial charge in [0.15, 0.2) is 0 Å². The molecule has 0 radical (unpaired) electrons. The van der Waals surface area contributed by atoms with E-state index in [9.17, 15) is 9.59 Å². The minimum absolute atomic E-state index is 0.151. The second-order valence-corrected chi connectivity index (χ2v) is 6.45. The lowest BCUT2D eigenvalue weighted by Gasteiger charge is -2.14. The van der Waals surface area contributed by atoms with Crippen molar-refractivity contribution in [3.05, 3.63) is 63.7 Å². The van der Waals surface area contributed by atoms with Crippen molar-refractivity contribution in [2.24, 2.45) is 10.9 Å². The van der Waals surface area contributed by atoms with Crippen LogP contribution in [0.15, 0.2) is 41.4 Å². The monoisotopic (exact) mass is 350 g/mol. The van der Waals surface area contributed by atoms with Crippen LogP contribution in [0.3, 0.4) is 0 Å². The number of nitrogens with zero attached hydrogens (tertiary/aromatic N) is 1. The number of hydrogen-bond donors (Lipinski definition) is 1. The Labute approximate surface area is 152 Å². The van der Waals surface area contributed by atoms with Gasteiger partial charge < -0.3 is 10.1 Å². The molecule has 1 atom stereocenters. The summed E-state index contributed by atoms with van der Waals surface area (Å²) in [6.45, 7) is 4.39. The maximum absolute atomic E-state index is 12.3. The van der Waals surface area contributed by atoms with Gasteiger partial charge in [-0.15, -0.1) is 0 Å². The van der Waals surface area contributed by atoms with Crippen LogP contribution in [0.5, 0.6) is 5.75 Å². The van der Waals surface area contributed by atoms with Gasteiger partial charge in [0.1, 0.15) is 5.75 Å². The summed E-state index contributed by atoms with van der Waals surface area (Å²) in [7, 11) is 1.56. The van der Waals surface area contributed by atoms with Crippen molar-refractivity contribution in [3.63, 3.8) is 0 Å². The minimum atomic E-state index is -0.310. The van der Waals surface area contributed by atoms with E-state index in [1.165, 1.54) is 0 Å². The summed E-state index contributed by atoms with van der Waals surface area (Å²) in [5, 5.41) is 4.61. The van der Waals surface area contributed by atoms with Crippen LogP contribution in [0.4, 0.5) is 0 Å². The third kappa shape index (κ3) is 3.67. The van der Waals surface area contributed by atoms with Crippen molar-refractivity contribution in [1.29, 1.82) is 0 Å². The highest BCUT2D eigenvalue weighted by atomic mass is 16.5. The molecule has 0 aromatic heterocycles. The van der Waals surface area contributed by atoms with E-state index in [4.69, 9.17) is 4.74 Å². The summed E-state index contributed by atoms with van der Waals surface area (Å²) < 4.78 is 5.13. The Morgan fingerprint density at radius 1 is 1.23 bits per heavy atom. The first-order chi connectivity index (χ1) is 12.5. The fraction of sp³-hybridized carbons (Fsp3) is 0.286. The van der Waals surface area contributed by atoms with Crippen LogP contribution in [-0.4, -0.2) is 25.5 Å². The van der Waals surface area contributed by atoms with Crippen LogP contribution in [0.25, 0.3) is 6.08 Å². The van der Waals surface area contributed by atoms with Gasteiger partial charge in [-0.3, -0.25) is 9.59 Å². The molecule has 1 heterocycles. The third-order valence-electron chi connectivity index (χ3n) is 4.73. The van der Waals surface area contributed by atoms with Crippen molar-refractivity contribution in [2.45, 2.75) is 20.3 Å². The van der Waals surface area contributed by atoms with Crippen molar-refractivity contribution >= 4 is 17.9 Å². The number of hydrogen-bond acceptors (Lipinski definition) is 3. The highest BCUT2D eigenvalue weighted by Gasteiger charge is 2.19. The van der Waals surface area contributed by atoms with E-state index in [0.717, 1.165) is 21.7 Å². The zero-order valence-corrected chi connectivity index (χ0v) is 15.2. The molecule has 26 heavy (non-hydrogen) atoms. The Bertz CT molecular complexity index is 979. The largest absolute Gasteiger partial charge is 0.497 e. The molecule has 5 heteroatoms. The van der Waals surface area contributed by atoms with Crippen LogP contribution in [-0.2, 0) is 4.79 Å². The van der Waals surface area contributed by atoms with E-state index >= 15 is 0 Å². The molecule has 0 saturated carbocycles. The maximum Gasteiger partial charge on any atom is 0.253 e. The summed E-state index contributed by atoms with van der Waals surface area (Å²) in [6.07, 6.45) is 2.47. The lowest BCUT2D eigenvalue weighted by Crippen LogP contribution is -2.37. The van der Waals surface area contributed by atoms with Gasteiger partial charge in [0, 0.05) is 12.1 Å². The summed E-state index contributed by atoms with van der Waals surface area (Å²) in [5.41, 5.74) is 2.69. The maximum atomic E-state index is 12.3. The Morgan fingerprint density at radius 3 is 2.81 bits per heavy atom. The average Bonchev–Trinajstić information content (AvgIpc) is 2.66. The first-order valence-electron chi connectivity index (χ1n) is 8.62. The number of nitrogens with one attached hydrogen (secondary N) is 1. The summed E-state index contributed by atoms with van der Waals surface area (Å²) in [6, 6.07) is 11.0. The Kier molecular flexibility index (Phi) is 5.16. The minimum Gasteiger partial charge on any atom is -0.497 e. The second-order valence-electron chi connectivity index (χ2n) is 6.45. The van der Waals surface area contributed by atoms with E-state index < -0.39 is 0 Å². The van der Waals surface area contributed by atoms with Crippen molar-refractivity contribution in [2.75, 3.05) is 13.7 Å². The number of carbonyl (C=O) groups is 2. The lowest BCUT2D eigenvalue weighted by atomic mass is 9.98. The molecular formula is C21H22N2O3. The molecule has 0 fully saturated rings. The smallest absolute Gasteiger partial charge is 0.253 e. The number of methoxy groups -OCH3 is 1. The Morgan fingerprint density at radius 2 is 2.04 bits per heavy atom. The standard InChI is InChI=1S/C21H22N2O3/c1-13-7-8-15-11-17(21(25)23-19(15)14(13)2)9-10-22-20(24)16-5-4-6-18(12-16)26-3/h4-8,11-12,17H,9-10H2,1-3H3,(H,22,24). The highest BCUT2D eigenvalue weighted by molar-refractivity contribution is 5.94. The normalized spacial score (nSPS) is 15.5. The molecule has 2 amide bonds. The molecule has 1 unspecified atom stereocenters. The molecule has 0 spiro atoms. The number of amides is 2. The molecule has 2 aromatic carbocycles. The highest BCUT2D eigenvalue weighted by Crippen LogP contribution is 2.13. The summed E-state index contributed by atoms with van der Waals surface area (Å²) in [5.74, 6) is -0.0116. The van der Waals surface area contributed by atoms with Gasteiger partial charge >= 0.3 is 0 Å². The molecule has 1 N–H and O–H groups in total. The first kappa shape index (κ1) is 17.9. The van der Waals surface area contributed by atoms with Gasteiger partial charge in [0.25, 0.3) is 11.8 Å². The molecule has 134 valence electrons. The number of rotatable bonds is 5. The van der Waals surface area contributed by atoms with Crippen molar-refractivity contribution in [3.8, 4) is 5.75 Å². The van der Waals surface area contributed by atoms with Gasteiger partial charge in [-0.2, -0.15) is 0 Å². The zero-order chi connectivity index (χ0) is 18.7. The average molecular weight is 350 g/mol. The third-order valence-corrected chi connectivity index (χ3v) is 4.73. The first-order valence-corrected chi connectivity index (χ1v) is 8.62. The van der Waals surface area contributed by atoms with E-state index in [1.54, 1.807) is 31.4 Å². The van der Waals surface area contributed by atoms with Crippen molar-refractivity contribution < 1.29 is 14.3 Å². The van der Waals surface area contributed by atoms with Gasteiger partial charge in [0.2, 0.25) is 0 Å². The Hall–Kier alpha value is -2.95. The fourth-order valence-corrected chi connectivity index (χ4v) is 3.00. The number of carbonyl (C=O) groups excluding carboxylic acids is 2.